The Hall–Kier alpha value is -2.86. The Morgan fingerprint density at radius 2 is 1.96 bits per heavy atom. The summed E-state index contributed by atoms with van der Waals surface area (Å²) in [6, 6.07) is 11.0. The van der Waals surface area contributed by atoms with Gasteiger partial charge in [-0.15, -0.1) is 0 Å². The second-order valence-electron chi connectivity index (χ2n) is 6.23. The van der Waals surface area contributed by atoms with Crippen molar-refractivity contribution in [3.05, 3.63) is 70.2 Å². The van der Waals surface area contributed by atoms with E-state index in [4.69, 9.17) is 9.84 Å². The number of methoxy groups -OCH3 is 1. The fraction of sp³-hybridized carbons (Fsp3) is 0.300. The van der Waals surface area contributed by atoms with Crippen LogP contribution < -0.4 is 10.3 Å². The maximum atomic E-state index is 12.1. The van der Waals surface area contributed by atoms with E-state index >= 15 is 0 Å². The molecule has 0 unspecified atom stereocenters. The lowest BCUT2D eigenvalue weighted by Crippen LogP contribution is -2.34. The summed E-state index contributed by atoms with van der Waals surface area (Å²) in [5.41, 5.74) is 1.88. The van der Waals surface area contributed by atoms with Gasteiger partial charge < -0.3 is 14.4 Å². The Balaban J connectivity index is 1.60. The minimum atomic E-state index is -1.19. The van der Waals surface area contributed by atoms with Crippen molar-refractivity contribution < 1.29 is 14.6 Å². The Bertz CT molecular complexity index is 868. The van der Waals surface area contributed by atoms with Crippen LogP contribution in [0.15, 0.2) is 53.5 Å². The summed E-state index contributed by atoms with van der Waals surface area (Å²) in [5.74, 6) is -0.338. The molecule has 6 nitrogen and oxygen atoms in total. The number of rotatable bonds is 6. The molecule has 1 aromatic carbocycles. The van der Waals surface area contributed by atoms with Crippen LogP contribution in [0.3, 0.4) is 0 Å². The largest absolute Gasteiger partial charge is 0.497 e. The van der Waals surface area contributed by atoms with Crippen LogP contribution in [0.2, 0.25) is 0 Å². The van der Waals surface area contributed by atoms with Crippen molar-refractivity contribution in [3.8, 4) is 5.75 Å². The molecule has 1 aliphatic rings. The molecule has 2 heterocycles. The van der Waals surface area contributed by atoms with Gasteiger partial charge in [0.15, 0.2) is 0 Å². The Kier molecular flexibility index (Phi) is 5.53. The lowest BCUT2D eigenvalue weighted by molar-refractivity contribution is 0.0694. The van der Waals surface area contributed by atoms with Crippen molar-refractivity contribution in [2.75, 3.05) is 26.7 Å². The number of pyridine rings is 1. The SMILES string of the molecule is COc1ccc(C2=CCN(CCn3cccc(C(=O)O)c3=O)CC2)cc1. The molecule has 0 fully saturated rings. The molecule has 0 amide bonds. The smallest absolute Gasteiger partial charge is 0.341 e. The predicted octanol–water partition coefficient (Wildman–Crippen LogP) is 2.34. The molecule has 0 saturated carbocycles. The fourth-order valence-corrected chi connectivity index (χ4v) is 3.11. The fourth-order valence-electron chi connectivity index (χ4n) is 3.11. The highest BCUT2D eigenvalue weighted by molar-refractivity contribution is 5.86. The van der Waals surface area contributed by atoms with Gasteiger partial charge in [-0.3, -0.25) is 9.69 Å². The molecule has 26 heavy (non-hydrogen) atoms. The molecule has 1 aromatic heterocycles. The molecular weight excluding hydrogens is 332 g/mol. The summed E-state index contributed by atoms with van der Waals surface area (Å²) < 4.78 is 6.65. The molecule has 0 aliphatic carbocycles. The van der Waals surface area contributed by atoms with E-state index in [1.54, 1.807) is 19.4 Å². The number of hydrogen-bond acceptors (Lipinski definition) is 4. The number of carbonyl (C=O) groups is 1. The molecule has 1 aliphatic heterocycles. The van der Waals surface area contributed by atoms with Gasteiger partial charge in [-0.05, 0) is 41.8 Å². The zero-order chi connectivity index (χ0) is 18.5. The number of nitrogens with zero attached hydrogens (tertiary/aromatic N) is 2. The summed E-state index contributed by atoms with van der Waals surface area (Å²) in [6.07, 6.45) is 4.79. The second kappa shape index (κ2) is 8.01. The first-order valence-electron chi connectivity index (χ1n) is 8.57. The summed E-state index contributed by atoms with van der Waals surface area (Å²) in [5, 5.41) is 9.04. The molecule has 136 valence electrons. The molecule has 1 N–H and O–H groups in total. The number of hydrogen-bond donors (Lipinski definition) is 1. The third-order valence-electron chi connectivity index (χ3n) is 4.66. The van der Waals surface area contributed by atoms with Crippen LogP contribution >= 0.6 is 0 Å². The highest BCUT2D eigenvalue weighted by Crippen LogP contribution is 2.24. The Morgan fingerprint density at radius 3 is 2.58 bits per heavy atom. The topological polar surface area (TPSA) is 71.8 Å². The van der Waals surface area contributed by atoms with Gasteiger partial charge in [-0.25, -0.2) is 4.79 Å². The third-order valence-corrected chi connectivity index (χ3v) is 4.66. The molecule has 0 saturated heterocycles. The van der Waals surface area contributed by atoms with Gasteiger partial charge in [-0.1, -0.05) is 18.2 Å². The predicted molar refractivity (Wildman–Crippen MR) is 99.7 cm³/mol. The minimum absolute atomic E-state index is 0.187. The average molecular weight is 354 g/mol. The Morgan fingerprint density at radius 1 is 1.19 bits per heavy atom. The number of aromatic carboxylic acids is 1. The van der Waals surface area contributed by atoms with Gasteiger partial charge in [0, 0.05) is 32.4 Å². The monoisotopic (exact) mass is 354 g/mol. The Labute approximate surface area is 151 Å². The first-order chi connectivity index (χ1) is 12.6. The quantitative estimate of drug-likeness (QED) is 0.862. The van der Waals surface area contributed by atoms with E-state index in [0.29, 0.717) is 13.1 Å². The van der Waals surface area contributed by atoms with Crippen molar-refractivity contribution in [3.63, 3.8) is 0 Å². The molecule has 3 rings (SSSR count). The molecule has 0 bridgehead atoms. The van der Waals surface area contributed by atoms with Crippen molar-refractivity contribution in [1.82, 2.24) is 9.47 Å². The maximum Gasteiger partial charge on any atom is 0.341 e. The maximum absolute atomic E-state index is 12.1. The average Bonchev–Trinajstić information content (AvgIpc) is 2.67. The van der Waals surface area contributed by atoms with Crippen LogP contribution in [0.4, 0.5) is 0 Å². The van der Waals surface area contributed by atoms with Crippen LogP contribution in [0, 0.1) is 0 Å². The summed E-state index contributed by atoms with van der Waals surface area (Å²) in [6.45, 7) is 2.90. The molecule has 6 heteroatoms. The lowest BCUT2D eigenvalue weighted by atomic mass is 9.99. The van der Waals surface area contributed by atoms with E-state index in [2.05, 4.69) is 23.1 Å². The van der Waals surface area contributed by atoms with E-state index in [-0.39, 0.29) is 5.56 Å². The number of carboxylic acid groups (broad SMARTS) is 1. The van der Waals surface area contributed by atoms with E-state index in [1.165, 1.54) is 21.8 Å². The molecule has 2 aromatic rings. The lowest BCUT2D eigenvalue weighted by Gasteiger charge is -2.26. The van der Waals surface area contributed by atoms with Crippen molar-refractivity contribution in [2.24, 2.45) is 0 Å². The third kappa shape index (κ3) is 4.03. The van der Waals surface area contributed by atoms with Crippen LogP contribution in [-0.4, -0.2) is 47.3 Å². The summed E-state index contributed by atoms with van der Waals surface area (Å²) >= 11 is 0. The van der Waals surface area contributed by atoms with E-state index in [1.807, 2.05) is 12.1 Å². The van der Waals surface area contributed by atoms with Gasteiger partial charge in [0.05, 0.1) is 7.11 Å². The highest BCUT2D eigenvalue weighted by Gasteiger charge is 2.14. The number of ether oxygens (including phenoxy) is 1. The van der Waals surface area contributed by atoms with Gasteiger partial charge >= 0.3 is 5.97 Å². The summed E-state index contributed by atoms with van der Waals surface area (Å²) in [4.78, 5) is 25.4. The minimum Gasteiger partial charge on any atom is -0.497 e. The first kappa shape index (κ1) is 17.9. The number of carboxylic acids is 1. The van der Waals surface area contributed by atoms with Crippen molar-refractivity contribution >= 4 is 11.5 Å². The van der Waals surface area contributed by atoms with Gasteiger partial charge in [-0.2, -0.15) is 0 Å². The van der Waals surface area contributed by atoms with E-state index in [0.717, 1.165) is 25.3 Å². The van der Waals surface area contributed by atoms with Gasteiger partial charge in [0.25, 0.3) is 5.56 Å². The molecule has 0 radical (unpaired) electrons. The second-order valence-corrected chi connectivity index (χ2v) is 6.23. The highest BCUT2D eigenvalue weighted by atomic mass is 16.5. The molecule has 0 atom stereocenters. The van der Waals surface area contributed by atoms with Gasteiger partial charge in [0.2, 0.25) is 0 Å². The zero-order valence-corrected chi connectivity index (χ0v) is 14.7. The standard InChI is InChI=1S/C20H22N2O4/c1-26-17-6-4-15(5-7-17)16-8-11-21(12-9-16)13-14-22-10-2-3-18(19(22)23)20(24)25/h2-8,10H,9,11-14H2,1H3,(H,24,25). The van der Waals surface area contributed by atoms with Crippen LogP contribution in [0.5, 0.6) is 5.75 Å². The van der Waals surface area contributed by atoms with Crippen molar-refractivity contribution in [2.45, 2.75) is 13.0 Å². The first-order valence-corrected chi connectivity index (χ1v) is 8.57. The number of aromatic nitrogens is 1. The summed E-state index contributed by atoms with van der Waals surface area (Å²) in [7, 11) is 1.66. The van der Waals surface area contributed by atoms with Crippen LogP contribution in [0.1, 0.15) is 22.3 Å². The number of benzene rings is 1. The molecular formula is C20H22N2O4. The zero-order valence-electron chi connectivity index (χ0n) is 14.7. The van der Waals surface area contributed by atoms with E-state index < -0.39 is 11.5 Å². The van der Waals surface area contributed by atoms with Crippen LogP contribution in [0.25, 0.3) is 5.57 Å². The van der Waals surface area contributed by atoms with E-state index in [9.17, 15) is 9.59 Å². The van der Waals surface area contributed by atoms with Gasteiger partial charge in [0.1, 0.15) is 11.3 Å². The van der Waals surface area contributed by atoms with Crippen LogP contribution in [-0.2, 0) is 6.54 Å². The normalized spacial score (nSPS) is 14.7. The van der Waals surface area contributed by atoms with Crippen molar-refractivity contribution in [1.29, 1.82) is 0 Å². The molecule has 0 spiro atoms.